The molecule has 0 radical (unpaired) electrons. The molecule has 2 aromatic heterocycles. The van der Waals surface area contributed by atoms with Crippen LogP contribution in [0.2, 0.25) is 0 Å². The van der Waals surface area contributed by atoms with Gasteiger partial charge in [-0.15, -0.1) is 0 Å². The lowest BCUT2D eigenvalue weighted by atomic mass is 10.1. The molecule has 180 valence electrons. The van der Waals surface area contributed by atoms with Crippen molar-refractivity contribution in [3.63, 3.8) is 0 Å². The Morgan fingerprint density at radius 1 is 1.18 bits per heavy atom. The van der Waals surface area contributed by atoms with E-state index in [1.165, 1.54) is 6.33 Å². The first-order valence-corrected chi connectivity index (χ1v) is 11.2. The zero-order valence-corrected chi connectivity index (χ0v) is 19.5. The minimum Gasteiger partial charge on any atom is -0.496 e. The van der Waals surface area contributed by atoms with Gasteiger partial charge >= 0.3 is 0 Å². The highest BCUT2D eigenvalue weighted by Gasteiger charge is 2.58. The maximum atomic E-state index is 12.7. The first-order valence-electron chi connectivity index (χ1n) is 11.2. The Labute approximate surface area is 196 Å². The maximum Gasteiger partial charge on any atom is 0.252 e. The van der Waals surface area contributed by atoms with Crippen molar-refractivity contribution in [2.24, 2.45) is 0 Å². The number of nitrogens with one attached hydrogen (secondary N) is 2. The molecule has 3 aromatic rings. The van der Waals surface area contributed by atoms with Crippen molar-refractivity contribution in [2.75, 3.05) is 19.0 Å². The second-order valence-electron chi connectivity index (χ2n) is 8.62. The predicted octanol–water partition coefficient (Wildman–Crippen LogP) is 2.00. The maximum absolute atomic E-state index is 12.7. The Morgan fingerprint density at radius 2 is 1.97 bits per heavy atom. The van der Waals surface area contributed by atoms with Crippen molar-refractivity contribution in [3.8, 4) is 5.75 Å². The highest BCUT2D eigenvalue weighted by atomic mass is 16.8. The van der Waals surface area contributed by atoms with Crippen LogP contribution in [0.3, 0.4) is 0 Å². The Balaban J connectivity index is 1.44. The Bertz CT molecular complexity index is 1200. The van der Waals surface area contributed by atoms with E-state index in [1.807, 2.05) is 45.0 Å². The van der Waals surface area contributed by atoms with Crippen LogP contribution in [0, 0.1) is 0 Å². The van der Waals surface area contributed by atoms with Crippen molar-refractivity contribution in [3.05, 3.63) is 42.5 Å². The topological polar surface area (TPSA) is 122 Å². The summed E-state index contributed by atoms with van der Waals surface area (Å²) in [6.07, 6.45) is 0.605. The fourth-order valence-electron chi connectivity index (χ4n) is 4.48. The number of benzene rings is 1. The van der Waals surface area contributed by atoms with Gasteiger partial charge in [0.05, 0.1) is 13.4 Å². The normalized spacial score (nSPS) is 25.3. The molecule has 1 amide bonds. The van der Waals surface area contributed by atoms with Crippen molar-refractivity contribution < 1.29 is 23.7 Å². The molecular formula is C23H28N6O5. The van der Waals surface area contributed by atoms with Crippen molar-refractivity contribution >= 4 is 22.9 Å². The van der Waals surface area contributed by atoms with E-state index in [0.29, 0.717) is 30.1 Å². The molecule has 0 aliphatic carbocycles. The second kappa shape index (κ2) is 8.82. The molecule has 4 heterocycles. The number of hydrogen-bond acceptors (Lipinski definition) is 9. The fraction of sp³-hybridized carbons (Fsp3) is 0.478. The number of hydrogen-bond donors (Lipinski definition) is 2. The molecule has 2 aliphatic heterocycles. The summed E-state index contributed by atoms with van der Waals surface area (Å²) < 4.78 is 25.5. The largest absolute Gasteiger partial charge is 0.496 e. The molecule has 11 heteroatoms. The Kier molecular flexibility index (Phi) is 5.84. The lowest BCUT2D eigenvalue weighted by Gasteiger charge is -2.24. The summed E-state index contributed by atoms with van der Waals surface area (Å²) in [6.45, 7) is 6.50. The van der Waals surface area contributed by atoms with Crippen LogP contribution in [0.25, 0.3) is 11.2 Å². The quantitative estimate of drug-likeness (QED) is 0.536. The van der Waals surface area contributed by atoms with Gasteiger partial charge in [0.15, 0.2) is 35.1 Å². The number of likely N-dealkylation sites (N-methyl/N-ethyl adjacent to an activating group) is 1. The van der Waals surface area contributed by atoms with Gasteiger partial charge in [-0.1, -0.05) is 18.2 Å². The lowest BCUT2D eigenvalue weighted by molar-refractivity contribution is -0.197. The predicted molar refractivity (Wildman–Crippen MR) is 122 cm³/mol. The van der Waals surface area contributed by atoms with E-state index in [2.05, 4.69) is 25.6 Å². The molecule has 4 atom stereocenters. The zero-order valence-electron chi connectivity index (χ0n) is 19.5. The third-order valence-corrected chi connectivity index (χ3v) is 5.91. The number of carbonyl (C=O) groups excluding carboxylic acids is 1. The van der Waals surface area contributed by atoms with E-state index in [1.54, 1.807) is 18.0 Å². The minimum atomic E-state index is -0.838. The number of methoxy groups -OCH3 is 1. The lowest BCUT2D eigenvalue weighted by Crippen LogP contribution is -2.42. The molecule has 0 spiro atoms. The summed E-state index contributed by atoms with van der Waals surface area (Å²) >= 11 is 0. The number of fused-ring (bicyclic) bond motifs is 2. The first-order chi connectivity index (χ1) is 16.4. The van der Waals surface area contributed by atoms with E-state index >= 15 is 0 Å². The molecule has 1 aromatic carbocycles. The summed E-state index contributed by atoms with van der Waals surface area (Å²) in [6, 6.07) is 7.77. The number of rotatable bonds is 7. The van der Waals surface area contributed by atoms with Gasteiger partial charge in [-0.25, -0.2) is 15.0 Å². The number of carbonyl (C=O) groups is 1. The van der Waals surface area contributed by atoms with Gasteiger partial charge in [0, 0.05) is 18.7 Å². The van der Waals surface area contributed by atoms with Gasteiger partial charge in [0.1, 0.15) is 24.3 Å². The molecule has 2 aliphatic rings. The number of para-hydroxylation sites is 1. The molecule has 5 rings (SSSR count). The van der Waals surface area contributed by atoms with Crippen molar-refractivity contribution in [2.45, 2.75) is 57.6 Å². The molecular weight excluding hydrogens is 440 g/mol. The zero-order chi connectivity index (χ0) is 23.9. The highest BCUT2D eigenvalue weighted by molar-refractivity contribution is 5.83. The van der Waals surface area contributed by atoms with Gasteiger partial charge < -0.3 is 29.6 Å². The summed E-state index contributed by atoms with van der Waals surface area (Å²) in [5.74, 6) is 0.288. The van der Waals surface area contributed by atoms with Crippen LogP contribution < -0.4 is 15.4 Å². The Hall–Kier alpha value is -3.28. The smallest absolute Gasteiger partial charge is 0.252 e. The molecule has 2 saturated heterocycles. The fourth-order valence-corrected chi connectivity index (χ4v) is 4.48. The van der Waals surface area contributed by atoms with E-state index < -0.39 is 30.3 Å². The third kappa shape index (κ3) is 3.95. The number of imidazole rings is 1. The average Bonchev–Trinajstić information content (AvgIpc) is 3.48. The summed E-state index contributed by atoms with van der Waals surface area (Å²) in [5.41, 5.74) is 2.13. The van der Waals surface area contributed by atoms with Gasteiger partial charge in [-0.3, -0.25) is 9.36 Å². The SMILES string of the molecule is CCNC(=O)[C@H]1O[C@@H](n2cnc3c(NCc4ccccc4OC)ncnc32)[C@@H]2OC(C)(C)O[C@@H]21. The van der Waals surface area contributed by atoms with Crippen molar-refractivity contribution in [1.82, 2.24) is 24.8 Å². The number of anilines is 1. The van der Waals surface area contributed by atoms with Crippen molar-refractivity contribution in [1.29, 1.82) is 0 Å². The summed E-state index contributed by atoms with van der Waals surface area (Å²) in [7, 11) is 1.64. The van der Waals surface area contributed by atoms with E-state index in [9.17, 15) is 4.79 Å². The van der Waals surface area contributed by atoms with E-state index in [0.717, 1.165) is 11.3 Å². The number of ether oxygens (including phenoxy) is 4. The molecule has 34 heavy (non-hydrogen) atoms. The first kappa shape index (κ1) is 22.5. The summed E-state index contributed by atoms with van der Waals surface area (Å²) in [5, 5.41) is 6.13. The van der Waals surface area contributed by atoms with Gasteiger partial charge in [0.25, 0.3) is 5.91 Å². The van der Waals surface area contributed by atoms with Gasteiger partial charge in [-0.05, 0) is 26.8 Å². The van der Waals surface area contributed by atoms with E-state index in [4.69, 9.17) is 18.9 Å². The van der Waals surface area contributed by atoms with Crippen LogP contribution in [-0.4, -0.2) is 63.2 Å². The molecule has 2 N–H and O–H groups in total. The molecule has 11 nitrogen and oxygen atoms in total. The third-order valence-electron chi connectivity index (χ3n) is 5.91. The van der Waals surface area contributed by atoms with E-state index in [-0.39, 0.29) is 5.91 Å². The number of amides is 1. The highest BCUT2D eigenvalue weighted by Crippen LogP contribution is 2.44. The Morgan fingerprint density at radius 3 is 2.76 bits per heavy atom. The van der Waals surface area contributed by atoms with Crippen LogP contribution in [0.4, 0.5) is 5.82 Å². The number of nitrogens with zero attached hydrogens (tertiary/aromatic N) is 4. The molecule has 0 unspecified atom stereocenters. The van der Waals surface area contributed by atoms with Gasteiger partial charge in [-0.2, -0.15) is 0 Å². The molecule has 0 bridgehead atoms. The van der Waals surface area contributed by atoms with Crippen LogP contribution in [0.1, 0.15) is 32.6 Å². The molecule has 0 saturated carbocycles. The standard InChI is InChI=1S/C23H28N6O5/c1-5-24-21(30)17-16-18(34-23(2,3)33-16)22(32-17)29-12-28-15-19(26-11-27-20(15)29)25-10-13-8-6-7-9-14(13)31-4/h6-9,11-12,16-18,22H,5,10H2,1-4H3,(H,24,30)(H,25,26,27)/t16-,17+,18-,22-/m1/s1. The van der Waals surface area contributed by atoms with Gasteiger partial charge in [0.2, 0.25) is 0 Å². The van der Waals surface area contributed by atoms with Crippen LogP contribution in [-0.2, 0) is 25.5 Å². The average molecular weight is 469 g/mol. The minimum absolute atomic E-state index is 0.237. The van der Waals surface area contributed by atoms with Crippen LogP contribution in [0.15, 0.2) is 36.9 Å². The monoisotopic (exact) mass is 468 g/mol. The van der Waals surface area contributed by atoms with Crippen LogP contribution in [0.5, 0.6) is 5.75 Å². The second-order valence-corrected chi connectivity index (χ2v) is 8.62. The number of aromatic nitrogens is 4. The molecule has 2 fully saturated rings. The van der Waals surface area contributed by atoms with Crippen LogP contribution >= 0.6 is 0 Å². The summed E-state index contributed by atoms with van der Waals surface area (Å²) in [4.78, 5) is 26.0.